The highest BCUT2D eigenvalue weighted by Gasteiger charge is 2.29. The van der Waals surface area contributed by atoms with Gasteiger partial charge in [0.05, 0.1) is 13.2 Å². The zero-order valence-corrected chi connectivity index (χ0v) is 12.0. The summed E-state index contributed by atoms with van der Waals surface area (Å²) < 4.78 is 15.3. The first-order valence-corrected chi connectivity index (χ1v) is 6.29. The molecule has 0 spiro atoms. The predicted molar refractivity (Wildman–Crippen MR) is 69.3 cm³/mol. The minimum atomic E-state index is -0.652. The number of hydrogen-bond donors (Lipinski definition) is 0. The number of rotatable bonds is 4. The quantitative estimate of drug-likeness (QED) is 0.785. The van der Waals surface area contributed by atoms with Crippen LogP contribution in [0.5, 0.6) is 0 Å². The van der Waals surface area contributed by atoms with Crippen LogP contribution in [0.25, 0.3) is 0 Å². The van der Waals surface area contributed by atoms with E-state index in [0.717, 1.165) is 0 Å². The monoisotopic (exact) mass is 268 g/mol. The van der Waals surface area contributed by atoms with Crippen molar-refractivity contribution < 1.29 is 23.5 Å². The zero-order valence-electron chi connectivity index (χ0n) is 12.0. The second kappa shape index (κ2) is 5.91. The van der Waals surface area contributed by atoms with Crippen LogP contribution < -0.4 is 0 Å². The SMILES string of the molecule is CCOC(=O)c1cc(C(C)(C)C)oc1C(=O)OCC. The van der Waals surface area contributed by atoms with Gasteiger partial charge in [-0.1, -0.05) is 20.8 Å². The van der Waals surface area contributed by atoms with E-state index in [0.29, 0.717) is 5.76 Å². The van der Waals surface area contributed by atoms with Gasteiger partial charge in [-0.2, -0.15) is 0 Å². The lowest BCUT2D eigenvalue weighted by atomic mass is 9.93. The molecule has 0 atom stereocenters. The van der Waals surface area contributed by atoms with Gasteiger partial charge in [-0.3, -0.25) is 0 Å². The van der Waals surface area contributed by atoms with Crippen LogP contribution in [0.4, 0.5) is 0 Å². The molecule has 5 heteroatoms. The topological polar surface area (TPSA) is 65.7 Å². The fourth-order valence-corrected chi connectivity index (χ4v) is 1.47. The van der Waals surface area contributed by atoms with E-state index in [2.05, 4.69) is 0 Å². The second-order valence-corrected chi connectivity index (χ2v) is 5.04. The number of esters is 2. The molecule has 0 aliphatic rings. The summed E-state index contributed by atoms with van der Waals surface area (Å²) in [5.74, 6) is -0.783. The lowest BCUT2D eigenvalue weighted by Gasteiger charge is -2.13. The van der Waals surface area contributed by atoms with E-state index < -0.39 is 11.9 Å². The lowest BCUT2D eigenvalue weighted by molar-refractivity contribution is 0.0449. The van der Waals surface area contributed by atoms with Crippen LogP contribution in [0.3, 0.4) is 0 Å². The Morgan fingerprint density at radius 1 is 1.11 bits per heavy atom. The Morgan fingerprint density at radius 3 is 2.11 bits per heavy atom. The van der Waals surface area contributed by atoms with Crippen LogP contribution >= 0.6 is 0 Å². The van der Waals surface area contributed by atoms with Gasteiger partial charge >= 0.3 is 11.9 Å². The van der Waals surface area contributed by atoms with Crippen molar-refractivity contribution in [3.8, 4) is 0 Å². The molecule has 5 nitrogen and oxygen atoms in total. The Morgan fingerprint density at radius 2 is 1.63 bits per heavy atom. The van der Waals surface area contributed by atoms with Crippen molar-refractivity contribution >= 4 is 11.9 Å². The van der Waals surface area contributed by atoms with Crippen LogP contribution in [0.2, 0.25) is 0 Å². The van der Waals surface area contributed by atoms with Crippen molar-refractivity contribution in [2.75, 3.05) is 13.2 Å². The maximum Gasteiger partial charge on any atom is 0.375 e. The standard InChI is InChI=1S/C14H20O5/c1-6-17-12(15)9-8-10(14(3,4)5)19-11(9)13(16)18-7-2/h8H,6-7H2,1-5H3. The third-order valence-electron chi connectivity index (χ3n) is 2.43. The molecule has 1 heterocycles. The Hall–Kier alpha value is -1.78. The first kappa shape index (κ1) is 15.3. The highest BCUT2D eigenvalue weighted by Crippen LogP contribution is 2.28. The van der Waals surface area contributed by atoms with Crippen molar-refractivity contribution in [2.24, 2.45) is 0 Å². The summed E-state index contributed by atoms with van der Waals surface area (Å²) in [5, 5.41) is 0. The average molecular weight is 268 g/mol. The summed E-state index contributed by atoms with van der Waals surface area (Å²) in [4.78, 5) is 23.6. The van der Waals surface area contributed by atoms with Gasteiger partial charge in [0.2, 0.25) is 5.76 Å². The molecule has 0 saturated heterocycles. The van der Waals surface area contributed by atoms with E-state index in [-0.39, 0.29) is 30.0 Å². The van der Waals surface area contributed by atoms with Crippen molar-refractivity contribution in [2.45, 2.75) is 40.0 Å². The van der Waals surface area contributed by atoms with Crippen LogP contribution in [-0.2, 0) is 14.9 Å². The summed E-state index contributed by atoms with van der Waals surface area (Å²) in [7, 11) is 0. The van der Waals surface area contributed by atoms with Crippen molar-refractivity contribution in [3.05, 3.63) is 23.2 Å². The molecule has 0 radical (unpaired) electrons. The molecule has 0 saturated carbocycles. The molecular weight excluding hydrogens is 248 g/mol. The molecule has 19 heavy (non-hydrogen) atoms. The number of hydrogen-bond acceptors (Lipinski definition) is 5. The van der Waals surface area contributed by atoms with Gasteiger partial charge in [-0.25, -0.2) is 9.59 Å². The zero-order chi connectivity index (χ0) is 14.6. The van der Waals surface area contributed by atoms with E-state index in [4.69, 9.17) is 13.9 Å². The van der Waals surface area contributed by atoms with E-state index in [1.54, 1.807) is 19.9 Å². The summed E-state index contributed by atoms with van der Waals surface area (Å²) in [6.07, 6.45) is 0. The van der Waals surface area contributed by atoms with E-state index in [1.165, 1.54) is 0 Å². The molecule has 0 unspecified atom stereocenters. The van der Waals surface area contributed by atoms with Gasteiger partial charge in [0.25, 0.3) is 0 Å². The van der Waals surface area contributed by atoms with Crippen molar-refractivity contribution in [1.29, 1.82) is 0 Å². The molecule has 0 aliphatic heterocycles. The van der Waals surface area contributed by atoms with E-state index in [9.17, 15) is 9.59 Å². The first-order chi connectivity index (χ1) is 8.81. The van der Waals surface area contributed by atoms with Crippen molar-refractivity contribution in [1.82, 2.24) is 0 Å². The molecule has 0 bridgehead atoms. The average Bonchev–Trinajstić information content (AvgIpc) is 2.74. The van der Waals surface area contributed by atoms with Crippen molar-refractivity contribution in [3.63, 3.8) is 0 Å². The molecule has 1 aromatic rings. The fourth-order valence-electron chi connectivity index (χ4n) is 1.47. The van der Waals surface area contributed by atoms with Gasteiger partial charge in [-0.05, 0) is 19.9 Å². The minimum Gasteiger partial charge on any atom is -0.462 e. The van der Waals surface area contributed by atoms with Gasteiger partial charge in [0.1, 0.15) is 11.3 Å². The minimum absolute atomic E-state index is 0.0924. The normalized spacial score (nSPS) is 11.2. The van der Waals surface area contributed by atoms with E-state index >= 15 is 0 Å². The summed E-state index contributed by atoms with van der Waals surface area (Å²) in [6.45, 7) is 9.62. The second-order valence-electron chi connectivity index (χ2n) is 5.04. The Kier molecular flexibility index (Phi) is 4.75. The molecule has 0 aliphatic carbocycles. The van der Waals surface area contributed by atoms with Gasteiger partial charge < -0.3 is 13.9 Å². The largest absolute Gasteiger partial charge is 0.462 e. The Bertz CT molecular complexity index is 429. The Balaban J connectivity index is 3.22. The molecule has 0 fully saturated rings. The fraction of sp³-hybridized carbons (Fsp3) is 0.571. The number of ether oxygens (including phenoxy) is 2. The molecule has 0 N–H and O–H groups in total. The molecule has 0 aromatic carbocycles. The van der Waals surface area contributed by atoms with Crippen LogP contribution in [0.1, 0.15) is 61.3 Å². The van der Waals surface area contributed by atoms with E-state index in [1.807, 2.05) is 20.8 Å². The highest BCUT2D eigenvalue weighted by atomic mass is 16.5. The Labute approximate surface area is 112 Å². The summed E-state index contributed by atoms with van der Waals surface area (Å²) in [6, 6.07) is 1.55. The number of carbonyl (C=O) groups is 2. The molecule has 1 aromatic heterocycles. The first-order valence-electron chi connectivity index (χ1n) is 6.29. The third kappa shape index (κ3) is 3.59. The molecule has 0 amide bonds. The van der Waals surface area contributed by atoms with Crippen LogP contribution in [0, 0.1) is 0 Å². The lowest BCUT2D eigenvalue weighted by Crippen LogP contribution is -2.11. The van der Waals surface area contributed by atoms with Crippen LogP contribution in [-0.4, -0.2) is 25.2 Å². The smallest absolute Gasteiger partial charge is 0.375 e. The van der Waals surface area contributed by atoms with Gasteiger partial charge in [-0.15, -0.1) is 0 Å². The maximum atomic E-state index is 11.8. The summed E-state index contributed by atoms with van der Waals surface area (Å²) in [5.41, 5.74) is -0.198. The molecule has 106 valence electrons. The maximum absolute atomic E-state index is 11.8. The van der Waals surface area contributed by atoms with Crippen LogP contribution in [0.15, 0.2) is 10.5 Å². The third-order valence-corrected chi connectivity index (χ3v) is 2.43. The molecule has 1 rings (SSSR count). The van der Waals surface area contributed by atoms with Gasteiger partial charge in [0, 0.05) is 5.41 Å². The highest BCUT2D eigenvalue weighted by molar-refractivity contribution is 6.01. The number of carbonyl (C=O) groups excluding carboxylic acids is 2. The van der Waals surface area contributed by atoms with Gasteiger partial charge in [0.15, 0.2) is 0 Å². The molecular formula is C14H20O5. The summed E-state index contributed by atoms with van der Waals surface area (Å²) >= 11 is 0. The predicted octanol–water partition coefficient (Wildman–Crippen LogP) is 2.93. The number of furan rings is 1.